The fourth-order valence-electron chi connectivity index (χ4n) is 5.48. The third-order valence-electron chi connectivity index (χ3n) is 8.16. The molecule has 2 amide bonds. The summed E-state index contributed by atoms with van der Waals surface area (Å²) >= 11 is 1.42. The topological polar surface area (TPSA) is 99.6 Å². The van der Waals surface area contributed by atoms with Gasteiger partial charge >= 0.3 is 0 Å². The van der Waals surface area contributed by atoms with Gasteiger partial charge in [-0.1, -0.05) is 57.2 Å². The maximum atomic E-state index is 13.1. The molecule has 5 rings (SSSR count). The third-order valence-corrected chi connectivity index (χ3v) is 9.28. The maximum Gasteiger partial charge on any atom is 0.270 e. The first-order chi connectivity index (χ1) is 20.0. The molecule has 2 aliphatic heterocycles. The Labute approximate surface area is 252 Å². The van der Waals surface area contributed by atoms with Crippen molar-refractivity contribution in [2.75, 3.05) is 25.5 Å². The van der Waals surface area contributed by atoms with Gasteiger partial charge in [0, 0.05) is 30.3 Å². The van der Waals surface area contributed by atoms with Crippen LogP contribution >= 0.6 is 11.3 Å². The van der Waals surface area contributed by atoms with Crippen LogP contribution in [0.4, 0.5) is 10.8 Å². The molecule has 2 unspecified atom stereocenters. The van der Waals surface area contributed by atoms with Gasteiger partial charge in [0.25, 0.3) is 11.8 Å². The number of nitrogens with one attached hydrogen (secondary N) is 2. The van der Waals surface area contributed by atoms with Crippen molar-refractivity contribution in [1.29, 1.82) is 0 Å². The zero-order chi connectivity index (χ0) is 30.0. The number of aryl methyl sites for hydroxylation is 1. The number of anilines is 1. The van der Waals surface area contributed by atoms with Crippen LogP contribution in [0.25, 0.3) is 5.57 Å². The van der Waals surface area contributed by atoms with Crippen molar-refractivity contribution in [1.82, 2.24) is 20.2 Å². The van der Waals surface area contributed by atoms with Crippen LogP contribution in [0.2, 0.25) is 0 Å². The molecule has 0 bridgehead atoms. The monoisotopic (exact) mass is 584 g/mol. The number of rotatable bonds is 6. The van der Waals surface area contributed by atoms with Gasteiger partial charge in [0.2, 0.25) is 0 Å². The van der Waals surface area contributed by atoms with E-state index in [1.54, 1.807) is 0 Å². The van der Waals surface area contributed by atoms with E-state index in [0.29, 0.717) is 34.7 Å². The molecular formula is C33H40N6O2S. The van der Waals surface area contributed by atoms with Crippen molar-refractivity contribution in [2.24, 2.45) is 10.9 Å². The second-order valence-electron chi connectivity index (χ2n) is 12.2. The summed E-state index contributed by atoms with van der Waals surface area (Å²) in [6.07, 6.45) is 6.84. The minimum Gasteiger partial charge on any atom is -0.350 e. The van der Waals surface area contributed by atoms with E-state index >= 15 is 0 Å². The van der Waals surface area contributed by atoms with Crippen molar-refractivity contribution in [3.05, 3.63) is 76.1 Å². The summed E-state index contributed by atoms with van der Waals surface area (Å²) in [4.78, 5) is 42.5. The molecule has 0 radical (unpaired) electrons. The number of benzene rings is 1. The zero-order valence-electron chi connectivity index (χ0n) is 25.3. The van der Waals surface area contributed by atoms with Crippen LogP contribution in [0.15, 0.2) is 53.7 Å². The van der Waals surface area contributed by atoms with Crippen molar-refractivity contribution < 1.29 is 9.59 Å². The number of carbonyl (C=O) groups is 2. The average molecular weight is 585 g/mol. The van der Waals surface area contributed by atoms with E-state index in [1.165, 1.54) is 28.9 Å². The molecule has 8 nitrogen and oxygen atoms in total. The lowest BCUT2D eigenvalue weighted by atomic mass is 9.87. The summed E-state index contributed by atoms with van der Waals surface area (Å²) in [7, 11) is 2.14. The molecule has 1 fully saturated rings. The number of nitrogens with zero attached hydrogens (tertiary/aromatic N) is 4. The van der Waals surface area contributed by atoms with Crippen LogP contribution in [-0.4, -0.2) is 52.5 Å². The summed E-state index contributed by atoms with van der Waals surface area (Å²) in [6.45, 7) is 12.0. The Kier molecular flexibility index (Phi) is 8.70. The molecule has 220 valence electrons. The van der Waals surface area contributed by atoms with Crippen molar-refractivity contribution in [3.63, 3.8) is 0 Å². The van der Waals surface area contributed by atoms with E-state index in [0.717, 1.165) is 35.7 Å². The summed E-state index contributed by atoms with van der Waals surface area (Å²) < 4.78 is 0. The molecule has 42 heavy (non-hydrogen) atoms. The molecule has 9 heteroatoms. The van der Waals surface area contributed by atoms with Gasteiger partial charge in [0.15, 0.2) is 5.82 Å². The SMILES string of the molecule is CCC1CNC(=O)C(=Nc2ccc(C3CCCN3C)cn2)C=C1c1nc(C)c(NC(=O)c2ccc(C(C)(C)C)cc2)s1. The highest BCUT2D eigenvalue weighted by atomic mass is 32.1. The molecule has 0 aliphatic carbocycles. The Hall–Kier alpha value is -3.69. The zero-order valence-corrected chi connectivity index (χ0v) is 26.1. The van der Waals surface area contributed by atoms with Crippen LogP contribution in [0.5, 0.6) is 0 Å². The van der Waals surface area contributed by atoms with Gasteiger partial charge in [-0.05, 0) is 86.2 Å². The fraction of sp³-hybridized carbons (Fsp3) is 0.424. The second-order valence-corrected chi connectivity index (χ2v) is 13.2. The van der Waals surface area contributed by atoms with Gasteiger partial charge in [-0.15, -0.1) is 0 Å². The van der Waals surface area contributed by atoms with Crippen molar-refractivity contribution in [2.45, 2.75) is 65.3 Å². The van der Waals surface area contributed by atoms with Crippen LogP contribution in [-0.2, 0) is 10.2 Å². The van der Waals surface area contributed by atoms with E-state index in [9.17, 15) is 9.59 Å². The Morgan fingerprint density at radius 1 is 1.19 bits per heavy atom. The lowest BCUT2D eigenvalue weighted by Gasteiger charge is -2.19. The number of hydrogen-bond donors (Lipinski definition) is 2. The molecule has 3 aromatic rings. The predicted molar refractivity (Wildman–Crippen MR) is 171 cm³/mol. The molecular weight excluding hydrogens is 544 g/mol. The summed E-state index contributed by atoms with van der Waals surface area (Å²) in [5, 5.41) is 7.53. The number of likely N-dealkylation sites (tertiary alicyclic amines) is 1. The van der Waals surface area contributed by atoms with E-state index in [2.05, 4.69) is 66.3 Å². The highest BCUT2D eigenvalue weighted by Gasteiger charge is 2.27. The molecule has 2 aromatic heterocycles. The summed E-state index contributed by atoms with van der Waals surface area (Å²) in [5.74, 6) is 0.156. The first kappa shape index (κ1) is 29.8. The Morgan fingerprint density at radius 3 is 2.57 bits per heavy atom. The first-order valence-corrected chi connectivity index (χ1v) is 15.5. The number of aliphatic imine (C=N–C) groups is 1. The van der Waals surface area contributed by atoms with E-state index in [1.807, 2.05) is 49.5 Å². The normalized spacial score (nSPS) is 20.8. The minimum atomic E-state index is -0.231. The number of amides is 2. The van der Waals surface area contributed by atoms with Gasteiger partial charge in [-0.3, -0.25) is 14.5 Å². The summed E-state index contributed by atoms with van der Waals surface area (Å²) in [5.41, 5.74) is 4.93. The lowest BCUT2D eigenvalue weighted by Crippen LogP contribution is -2.31. The number of carbonyl (C=O) groups excluding carboxylic acids is 2. The molecule has 2 aliphatic rings. The standard InChI is InChI=1S/C33H40N6O2S/c1-7-21-18-35-30(41)26(37-28-15-12-23(19-34-28)27-9-8-16-39(27)6)17-25(21)32-36-20(2)31(42-32)38-29(40)22-10-13-24(14-11-22)33(3,4)5/h10-15,17,19,21,27H,7-9,16,18H2,1-6H3,(H,35,41)(H,38,40). The quantitative estimate of drug-likeness (QED) is 0.346. The van der Waals surface area contributed by atoms with Crippen LogP contribution in [0.3, 0.4) is 0 Å². The molecule has 2 N–H and O–H groups in total. The molecule has 0 spiro atoms. The highest BCUT2D eigenvalue weighted by molar-refractivity contribution is 7.17. The largest absolute Gasteiger partial charge is 0.350 e. The fourth-order valence-corrected chi connectivity index (χ4v) is 6.54. The Morgan fingerprint density at radius 2 is 1.95 bits per heavy atom. The van der Waals surface area contributed by atoms with Gasteiger partial charge < -0.3 is 10.6 Å². The van der Waals surface area contributed by atoms with E-state index < -0.39 is 0 Å². The van der Waals surface area contributed by atoms with Crippen LogP contribution in [0.1, 0.15) is 85.2 Å². The number of aromatic nitrogens is 2. The van der Waals surface area contributed by atoms with Crippen LogP contribution in [0, 0.1) is 12.8 Å². The molecule has 1 aromatic carbocycles. The van der Waals surface area contributed by atoms with Gasteiger partial charge in [0.05, 0.1) is 5.69 Å². The lowest BCUT2D eigenvalue weighted by molar-refractivity contribution is -0.114. The smallest absolute Gasteiger partial charge is 0.270 e. The van der Waals surface area contributed by atoms with E-state index in [4.69, 9.17) is 4.98 Å². The minimum absolute atomic E-state index is 0.0187. The predicted octanol–water partition coefficient (Wildman–Crippen LogP) is 6.48. The van der Waals surface area contributed by atoms with Crippen LogP contribution < -0.4 is 10.6 Å². The highest BCUT2D eigenvalue weighted by Crippen LogP contribution is 2.35. The van der Waals surface area contributed by atoms with E-state index in [-0.39, 0.29) is 23.1 Å². The maximum absolute atomic E-state index is 13.1. The molecule has 2 atom stereocenters. The van der Waals surface area contributed by atoms with Crippen molar-refractivity contribution >= 4 is 45.3 Å². The number of hydrogen-bond acceptors (Lipinski definition) is 7. The average Bonchev–Trinajstić information content (AvgIpc) is 3.51. The summed E-state index contributed by atoms with van der Waals surface area (Å²) in [6, 6.07) is 12.0. The number of pyridine rings is 1. The molecule has 4 heterocycles. The van der Waals surface area contributed by atoms with Crippen molar-refractivity contribution in [3.8, 4) is 0 Å². The first-order valence-electron chi connectivity index (χ1n) is 14.7. The van der Waals surface area contributed by atoms with Gasteiger partial charge in [-0.25, -0.2) is 15.0 Å². The van der Waals surface area contributed by atoms with Gasteiger partial charge in [-0.2, -0.15) is 0 Å². The Bertz CT molecular complexity index is 1520. The molecule has 1 saturated heterocycles. The Balaban J connectivity index is 1.40. The second kappa shape index (κ2) is 12.3. The van der Waals surface area contributed by atoms with Gasteiger partial charge in [0.1, 0.15) is 15.7 Å². The molecule has 0 saturated carbocycles. The third kappa shape index (κ3) is 6.52. The number of thiazole rings is 1.